The summed E-state index contributed by atoms with van der Waals surface area (Å²) >= 11 is 1.99. The van der Waals surface area contributed by atoms with Crippen LogP contribution in [0.4, 0.5) is 39.8 Å². The third kappa shape index (κ3) is 5.92. The SMILES string of the molecule is Cc1ccccc1-c1cc2c3c(c1)C1(C)CCCCC1(C)N3c1cc(N3c4ccc(C(C)(C)C)cc4C4(C)CCCCC34C)cc3c1B2c1ccc2c(sc4ccccc42)c1N3c1c(C)cc(C(C)(C)C)cc1C. The quantitative estimate of drug-likeness (QED) is 0.163. The second kappa shape index (κ2) is 15.2. The molecule has 0 amide bonds. The minimum atomic E-state index is -0.126. The van der Waals surface area contributed by atoms with Crippen LogP contribution in [0, 0.1) is 20.8 Å². The lowest BCUT2D eigenvalue weighted by Crippen LogP contribution is -2.64. The summed E-state index contributed by atoms with van der Waals surface area (Å²) in [6, 6.07) is 46.7. The van der Waals surface area contributed by atoms with E-state index in [2.05, 4.69) is 220 Å². The summed E-state index contributed by atoms with van der Waals surface area (Å²) in [6.07, 6.45) is 9.72. The highest BCUT2D eigenvalue weighted by molar-refractivity contribution is 7.26. The van der Waals surface area contributed by atoms with Crippen LogP contribution in [0.2, 0.25) is 0 Å². The predicted molar refractivity (Wildman–Crippen MR) is 321 cm³/mol. The Morgan fingerprint density at radius 2 is 1.14 bits per heavy atom. The zero-order valence-electron chi connectivity index (χ0n) is 46.5. The van der Waals surface area contributed by atoms with Gasteiger partial charge in [0.2, 0.25) is 0 Å². The largest absolute Gasteiger partial charge is 0.335 e. The van der Waals surface area contributed by atoms with Crippen LogP contribution in [-0.4, -0.2) is 17.8 Å². The van der Waals surface area contributed by atoms with Crippen molar-refractivity contribution in [1.82, 2.24) is 0 Å². The van der Waals surface area contributed by atoms with E-state index in [9.17, 15) is 0 Å². The van der Waals surface area contributed by atoms with E-state index in [-0.39, 0.29) is 39.5 Å². The normalized spacial score (nSPS) is 24.5. The molecule has 0 spiro atoms. The lowest BCUT2D eigenvalue weighted by Gasteiger charge is -2.54. The molecule has 2 fully saturated rings. The van der Waals surface area contributed by atoms with Crippen LogP contribution in [0.25, 0.3) is 31.3 Å². The van der Waals surface area contributed by atoms with Gasteiger partial charge in [-0.15, -0.1) is 11.3 Å². The Balaban J connectivity index is 1.16. The zero-order valence-corrected chi connectivity index (χ0v) is 47.3. The van der Waals surface area contributed by atoms with Gasteiger partial charge in [0, 0.05) is 54.7 Å². The fraction of sp³-hybridized carbons (Fsp3) is 0.391. The van der Waals surface area contributed by atoms with Gasteiger partial charge in [-0.05, 0) is 168 Å². The van der Waals surface area contributed by atoms with E-state index in [0.717, 1.165) is 12.8 Å². The third-order valence-electron chi connectivity index (χ3n) is 20.8. The van der Waals surface area contributed by atoms with E-state index in [4.69, 9.17) is 0 Å². The van der Waals surface area contributed by atoms with Crippen molar-refractivity contribution in [2.75, 3.05) is 14.7 Å². The molecule has 4 atom stereocenters. The Labute approximate surface area is 446 Å². The fourth-order valence-corrected chi connectivity index (χ4v) is 17.6. The average molecular weight is 988 g/mol. The number of benzene rings is 7. The van der Waals surface area contributed by atoms with E-state index in [1.807, 2.05) is 11.3 Å². The van der Waals surface area contributed by atoms with Gasteiger partial charge in [-0.25, -0.2) is 0 Å². The molecule has 4 unspecified atom stereocenters. The molecule has 7 aromatic carbocycles. The molecule has 374 valence electrons. The van der Waals surface area contributed by atoms with Gasteiger partial charge >= 0.3 is 0 Å². The maximum Gasteiger partial charge on any atom is 0.252 e. The number of nitrogens with zero attached hydrogens (tertiary/aromatic N) is 3. The van der Waals surface area contributed by atoms with Gasteiger partial charge in [-0.1, -0.05) is 166 Å². The minimum Gasteiger partial charge on any atom is -0.335 e. The van der Waals surface area contributed by atoms with Gasteiger partial charge < -0.3 is 14.7 Å². The minimum absolute atomic E-state index is 0.00366. The summed E-state index contributed by atoms with van der Waals surface area (Å²) in [5.74, 6) is 0. The lowest BCUT2D eigenvalue weighted by atomic mass is 9.33. The summed E-state index contributed by atoms with van der Waals surface area (Å²) in [7, 11) is 0. The molecule has 0 radical (unpaired) electrons. The van der Waals surface area contributed by atoms with Crippen molar-refractivity contribution in [3.8, 4) is 11.1 Å². The Hall–Kier alpha value is -5.78. The van der Waals surface area contributed by atoms with Gasteiger partial charge in [0.05, 0.1) is 27.2 Å². The molecule has 2 aliphatic carbocycles. The molecule has 0 N–H and O–H groups in total. The van der Waals surface area contributed by atoms with Crippen molar-refractivity contribution < 1.29 is 0 Å². The van der Waals surface area contributed by atoms with Gasteiger partial charge in [-0.2, -0.15) is 0 Å². The Bertz CT molecular complexity index is 3730. The van der Waals surface area contributed by atoms with Gasteiger partial charge in [0.1, 0.15) is 0 Å². The molecule has 2 saturated carbocycles. The van der Waals surface area contributed by atoms with E-state index in [1.54, 1.807) is 11.1 Å². The summed E-state index contributed by atoms with van der Waals surface area (Å²) in [5, 5.41) is 2.70. The first-order chi connectivity index (χ1) is 35.2. The van der Waals surface area contributed by atoms with Crippen LogP contribution < -0.4 is 31.1 Å². The molecule has 8 aromatic rings. The summed E-state index contributed by atoms with van der Waals surface area (Å²) in [5.41, 5.74) is 26.4. The second-order valence-corrected chi connectivity index (χ2v) is 28.0. The average Bonchev–Trinajstić information content (AvgIpc) is 4.09. The molecular weight excluding hydrogens is 914 g/mol. The predicted octanol–water partition coefficient (Wildman–Crippen LogP) is 17.3. The number of hydrogen-bond donors (Lipinski definition) is 0. The molecule has 4 aliphatic heterocycles. The van der Waals surface area contributed by atoms with Gasteiger partial charge in [-0.3, -0.25) is 0 Å². The molecule has 74 heavy (non-hydrogen) atoms. The first kappa shape index (κ1) is 46.7. The van der Waals surface area contributed by atoms with Gasteiger partial charge in [0.25, 0.3) is 6.71 Å². The van der Waals surface area contributed by atoms with Gasteiger partial charge in [0.15, 0.2) is 0 Å². The molecule has 0 saturated heterocycles. The Morgan fingerprint density at radius 1 is 0.500 bits per heavy atom. The van der Waals surface area contributed by atoms with E-state index in [1.165, 1.54) is 154 Å². The van der Waals surface area contributed by atoms with Crippen molar-refractivity contribution in [3.05, 3.63) is 154 Å². The lowest BCUT2D eigenvalue weighted by molar-refractivity contribution is 0.194. The van der Waals surface area contributed by atoms with Crippen LogP contribution in [-0.2, 0) is 21.7 Å². The van der Waals surface area contributed by atoms with Crippen molar-refractivity contribution >= 4 is 94.4 Å². The van der Waals surface area contributed by atoms with Crippen LogP contribution in [0.3, 0.4) is 0 Å². The zero-order chi connectivity index (χ0) is 51.4. The smallest absolute Gasteiger partial charge is 0.252 e. The Morgan fingerprint density at radius 3 is 1.84 bits per heavy atom. The maximum atomic E-state index is 2.98. The van der Waals surface area contributed by atoms with E-state index in [0.29, 0.717) is 0 Å². The summed E-state index contributed by atoms with van der Waals surface area (Å²) < 4.78 is 2.73. The van der Waals surface area contributed by atoms with Crippen molar-refractivity contribution in [1.29, 1.82) is 0 Å². The second-order valence-electron chi connectivity index (χ2n) is 26.9. The monoisotopic (exact) mass is 988 g/mol. The molecule has 14 rings (SSSR count). The molecule has 5 heterocycles. The third-order valence-corrected chi connectivity index (χ3v) is 22.0. The highest BCUT2D eigenvalue weighted by Gasteiger charge is 2.63. The van der Waals surface area contributed by atoms with Crippen LogP contribution in [0.5, 0.6) is 0 Å². The molecule has 5 heteroatoms. The molecule has 3 nitrogen and oxygen atoms in total. The standard InChI is InChI=1S/C69H74BN3S/c1-41-22-14-15-23-48(41)44-36-52-61-54(37-44)70-53-28-27-50-49-24-16-17-25-58(49)74-63(50)62(53)71(60-42(2)34-46(35-43(60)3)65(7,8)9)56-39-47(40-57(59(56)70)73(61)69(13)33-21-19-31-67(52,69)11)72-55-29-26-45(64(4,5)6)38-51(55)66(10)30-18-20-32-68(66,72)12/h14-17,22-29,34-40H,18-21,30-33H2,1-13H3. The van der Waals surface area contributed by atoms with E-state index < -0.39 is 0 Å². The molecule has 1 aromatic heterocycles. The molecule has 0 bridgehead atoms. The number of aryl methyl sites for hydroxylation is 3. The molecular formula is C69H74BN3S. The molecule has 6 aliphatic rings. The number of thiophene rings is 1. The first-order valence-electron chi connectivity index (χ1n) is 28.2. The van der Waals surface area contributed by atoms with Crippen molar-refractivity contribution in [2.45, 2.75) is 174 Å². The van der Waals surface area contributed by atoms with Crippen molar-refractivity contribution in [3.63, 3.8) is 0 Å². The number of hydrogen-bond acceptors (Lipinski definition) is 4. The van der Waals surface area contributed by atoms with E-state index >= 15 is 0 Å². The Kier molecular flexibility index (Phi) is 9.61. The summed E-state index contributed by atoms with van der Waals surface area (Å²) in [6.45, 7) is 32.0. The summed E-state index contributed by atoms with van der Waals surface area (Å²) in [4.78, 5) is 8.69. The topological polar surface area (TPSA) is 9.72 Å². The fourth-order valence-electron chi connectivity index (χ4n) is 16.3. The number of rotatable bonds is 3. The maximum absolute atomic E-state index is 2.98. The van der Waals surface area contributed by atoms with Crippen LogP contribution in [0.15, 0.2) is 115 Å². The van der Waals surface area contributed by atoms with Crippen LogP contribution >= 0.6 is 11.3 Å². The van der Waals surface area contributed by atoms with Crippen LogP contribution in [0.1, 0.15) is 160 Å². The number of anilines is 7. The first-order valence-corrected chi connectivity index (χ1v) is 29.0. The van der Waals surface area contributed by atoms with Crippen molar-refractivity contribution in [2.24, 2.45) is 0 Å². The highest BCUT2D eigenvalue weighted by atomic mass is 32.1. The highest BCUT2D eigenvalue weighted by Crippen LogP contribution is 2.66. The number of fused-ring (bicyclic) bond motifs is 14.